The molecule has 0 radical (unpaired) electrons. The highest BCUT2D eigenvalue weighted by Gasteiger charge is 2.26. The van der Waals surface area contributed by atoms with E-state index < -0.39 is 22.7 Å². The van der Waals surface area contributed by atoms with Gasteiger partial charge in [-0.3, -0.25) is 19.7 Å². The van der Waals surface area contributed by atoms with Gasteiger partial charge in [0.25, 0.3) is 11.6 Å². The number of nitro groups is 1. The SMILES string of the molecule is CC(C)[C@@H](CN(Cc1cccc2ccccc12)C(=O)c1ccccc1F)NC(=O)Cc1cncn1Cc1ccc([N+](=O)[O-])cc1. The van der Waals surface area contributed by atoms with Crippen LogP contribution in [0.3, 0.4) is 0 Å². The lowest BCUT2D eigenvalue weighted by Gasteiger charge is -2.31. The number of carbonyl (C=O) groups excluding carboxylic acids is 2. The number of benzene rings is 4. The summed E-state index contributed by atoms with van der Waals surface area (Å²) >= 11 is 0. The maximum absolute atomic E-state index is 14.8. The van der Waals surface area contributed by atoms with Gasteiger partial charge in [0.2, 0.25) is 5.91 Å². The summed E-state index contributed by atoms with van der Waals surface area (Å²) in [7, 11) is 0. The molecule has 4 aromatic carbocycles. The van der Waals surface area contributed by atoms with Gasteiger partial charge in [-0.1, -0.05) is 80.6 Å². The number of nitro benzene ring substituents is 1. The second-order valence-electron chi connectivity index (χ2n) is 11.3. The molecule has 5 aromatic rings. The van der Waals surface area contributed by atoms with E-state index in [0.29, 0.717) is 12.2 Å². The van der Waals surface area contributed by atoms with Gasteiger partial charge in [0.1, 0.15) is 5.82 Å². The van der Waals surface area contributed by atoms with Crippen LogP contribution in [-0.2, 0) is 24.3 Å². The number of amides is 2. The van der Waals surface area contributed by atoms with E-state index in [1.807, 2.05) is 60.9 Å². The third kappa shape index (κ3) is 7.59. The number of carbonyl (C=O) groups is 2. The number of halogens is 1. The summed E-state index contributed by atoms with van der Waals surface area (Å²) < 4.78 is 16.6. The Morgan fingerprint density at radius 1 is 0.978 bits per heavy atom. The molecule has 0 aliphatic heterocycles. The van der Waals surface area contributed by atoms with Gasteiger partial charge in [-0.2, -0.15) is 0 Å². The van der Waals surface area contributed by atoms with E-state index in [1.54, 1.807) is 41.7 Å². The molecule has 0 bridgehead atoms. The number of hydrogen-bond acceptors (Lipinski definition) is 5. The predicted octanol–water partition coefficient (Wildman–Crippen LogP) is 6.16. The molecule has 1 heterocycles. The number of rotatable bonds is 12. The first-order valence-corrected chi connectivity index (χ1v) is 14.7. The Kier molecular flexibility index (Phi) is 9.62. The molecule has 45 heavy (non-hydrogen) atoms. The van der Waals surface area contributed by atoms with E-state index in [2.05, 4.69) is 10.3 Å². The Bertz CT molecular complexity index is 1810. The summed E-state index contributed by atoms with van der Waals surface area (Å²) in [5.74, 6) is -1.34. The minimum atomic E-state index is -0.600. The number of aromatic nitrogens is 2. The fraction of sp³-hybridized carbons (Fsp3) is 0.229. The Labute approximate surface area is 260 Å². The molecule has 0 aliphatic rings. The lowest BCUT2D eigenvalue weighted by atomic mass is 10.0. The molecule has 5 rings (SSSR count). The average Bonchev–Trinajstić information content (AvgIpc) is 3.46. The van der Waals surface area contributed by atoms with Gasteiger partial charge < -0.3 is 14.8 Å². The highest BCUT2D eigenvalue weighted by molar-refractivity contribution is 5.95. The molecule has 230 valence electrons. The first kappa shape index (κ1) is 31.1. The molecule has 0 spiro atoms. The summed E-state index contributed by atoms with van der Waals surface area (Å²) in [6.07, 6.45) is 3.27. The van der Waals surface area contributed by atoms with E-state index >= 15 is 0 Å². The first-order valence-electron chi connectivity index (χ1n) is 14.7. The summed E-state index contributed by atoms with van der Waals surface area (Å²) in [4.78, 5) is 43.5. The van der Waals surface area contributed by atoms with Crippen LogP contribution >= 0.6 is 0 Å². The number of fused-ring (bicyclic) bond motifs is 1. The van der Waals surface area contributed by atoms with Gasteiger partial charge in [-0.25, -0.2) is 9.37 Å². The summed E-state index contributed by atoms with van der Waals surface area (Å²) in [6, 6.07) is 25.5. The number of nitrogens with zero attached hydrogens (tertiary/aromatic N) is 4. The molecule has 1 atom stereocenters. The zero-order valence-electron chi connectivity index (χ0n) is 25.1. The van der Waals surface area contributed by atoms with Crippen LogP contribution in [0, 0.1) is 21.8 Å². The standard InChI is InChI=1S/C35H34FN5O4/c1-24(2)33(38-34(42)18-29-19-37-23-40(29)20-25-14-16-28(17-15-25)41(44)45)22-39(35(43)31-12-5-6-13-32(31)36)21-27-10-7-9-26-8-3-4-11-30(26)27/h3-17,19,23-24,33H,18,20-22H2,1-2H3,(H,38,42)/t33-/m1/s1. The van der Waals surface area contributed by atoms with Gasteiger partial charge in [-0.05, 0) is 39.9 Å². The van der Waals surface area contributed by atoms with Crippen molar-refractivity contribution in [1.29, 1.82) is 0 Å². The Morgan fingerprint density at radius 2 is 1.69 bits per heavy atom. The van der Waals surface area contributed by atoms with Crippen molar-refractivity contribution in [2.24, 2.45) is 5.92 Å². The van der Waals surface area contributed by atoms with Crippen molar-refractivity contribution in [3.8, 4) is 0 Å². The van der Waals surface area contributed by atoms with Crippen LogP contribution in [0.5, 0.6) is 0 Å². The lowest BCUT2D eigenvalue weighted by Crippen LogP contribution is -2.48. The zero-order valence-corrected chi connectivity index (χ0v) is 25.1. The number of nitrogens with one attached hydrogen (secondary N) is 1. The number of non-ortho nitro benzene ring substituents is 1. The molecule has 1 aromatic heterocycles. The Balaban J connectivity index is 1.34. The van der Waals surface area contributed by atoms with Crippen molar-refractivity contribution < 1.29 is 18.9 Å². The largest absolute Gasteiger partial charge is 0.351 e. The average molecular weight is 608 g/mol. The van der Waals surface area contributed by atoms with E-state index in [-0.39, 0.29) is 42.6 Å². The summed E-state index contributed by atoms with van der Waals surface area (Å²) in [5, 5.41) is 16.1. The molecule has 0 fully saturated rings. The minimum Gasteiger partial charge on any atom is -0.351 e. The second-order valence-corrected chi connectivity index (χ2v) is 11.3. The summed E-state index contributed by atoms with van der Waals surface area (Å²) in [6.45, 7) is 4.72. The maximum atomic E-state index is 14.8. The second kappa shape index (κ2) is 13.9. The highest BCUT2D eigenvalue weighted by Crippen LogP contribution is 2.22. The maximum Gasteiger partial charge on any atom is 0.269 e. The monoisotopic (exact) mass is 607 g/mol. The molecule has 9 nitrogen and oxygen atoms in total. The van der Waals surface area contributed by atoms with Gasteiger partial charge >= 0.3 is 0 Å². The number of hydrogen-bond donors (Lipinski definition) is 1. The third-order valence-corrected chi connectivity index (χ3v) is 7.84. The lowest BCUT2D eigenvalue weighted by molar-refractivity contribution is -0.384. The normalized spacial score (nSPS) is 11.8. The van der Waals surface area contributed by atoms with E-state index in [0.717, 1.165) is 21.9 Å². The third-order valence-electron chi connectivity index (χ3n) is 7.84. The molecule has 1 N–H and O–H groups in total. The quantitative estimate of drug-likeness (QED) is 0.135. The van der Waals surface area contributed by atoms with Gasteiger partial charge in [0, 0.05) is 49.7 Å². The van der Waals surface area contributed by atoms with Crippen LogP contribution in [0.1, 0.15) is 41.0 Å². The van der Waals surface area contributed by atoms with Crippen molar-refractivity contribution in [2.75, 3.05) is 6.54 Å². The van der Waals surface area contributed by atoms with Crippen molar-refractivity contribution in [3.63, 3.8) is 0 Å². The van der Waals surface area contributed by atoms with Gasteiger partial charge in [0.15, 0.2) is 0 Å². The van der Waals surface area contributed by atoms with E-state index in [1.165, 1.54) is 24.3 Å². The van der Waals surface area contributed by atoms with Gasteiger partial charge in [0.05, 0.1) is 23.2 Å². The first-order chi connectivity index (χ1) is 21.7. The summed E-state index contributed by atoms with van der Waals surface area (Å²) in [5.41, 5.74) is 2.40. The molecular formula is C35H34FN5O4. The van der Waals surface area contributed by atoms with E-state index in [9.17, 15) is 24.1 Å². The zero-order chi connectivity index (χ0) is 31.9. The fourth-order valence-electron chi connectivity index (χ4n) is 5.30. The Morgan fingerprint density at radius 3 is 2.42 bits per heavy atom. The van der Waals surface area contributed by atoms with Crippen molar-refractivity contribution >= 4 is 28.3 Å². The van der Waals surface area contributed by atoms with Crippen LogP contribution in [0.25, 0.3) is 10.8 Å². The molecule has 0 aliphatic carbocycles. The topological polar surface area (TPSA) is 110 Å². The molecular weight excluding hydrogens is 573 g/mol. The van der Waals surface area contributed by atoms with E-state index in [4.69, 9.17) is 0 Å². The molecule has 0 saturated heterocycles. The molecule has 10 heteroatoms. The highest BCUT2D eigenvalue weighted by atomic mass is 19.1. The van der Waals surface area contributed by atoms with Crippen LogP contribution in [0.2, 0.25) is 0 Å². The van der Waals surface area contributed by atoms with Crippen molar-refractivity contribution in [3.05, 3.63) is 142 Å². The minimum absolute atomic E-state index is 0.00619. The molecule has 0 unspecified atom stereocenters. The van der Waals surface area contributed by atoms with Crippen LogP contribution in [0.4, 0.5) is 10.1 Å². The fourth-order valence-corrected chi connectivity index (χ4v) is 5.30. The van der Waals surface area contributed by atoms with Crippen molar-refractivity contribution in [2.45, 2.75) is 39.4 Å². The predicted molar refractivity (Wildman–Crippen MR) is 170 cm³/mol. The van der Waals surface area contributed by atoms with Crippen LogP contribution < -0.4 is 5.32 Å². The Hall–Kier alpha value is -5.38. The smallest absolute Gasteiger partial charge is 0.269 e. The molecule has 2 amide bonds. The molecule has 0 saturated carbocycles. The van der Waals surface area contributed by atoms with Crippen molar-refractivity contribution in [1.82, 2.24) is 19.8 Å². The van der Waals surface area contributed by atoms with Crippen LogP contribution in [0.15, 0.2) is 104 Å². The van der Waals surface area contributed by atoms with Gasteiger partial charge in [-0.15, -0.1) is 0 Å². The van der Waals surface area contributed by atoms with Crippen LogP contribution in [-0.4, -0.2) is 43.8 Å². The number of imidazole rings is 1.